The predicted octanol–water partition coefficient (Wildman–Crippen LogP) is 2.77. The van der Waals surface area contributed by atoms with Crippen LogP contribution in [0.2, 0.25) is 0 Å². The first-order valence-electron chi connectivity index (χ1n) is 8.18. The van der Waals surface area contributed by atoms with Gasteiger partial charge in [-0.1, -0.05) is 6.07 Å². The highest BCUT2D eigenvalue weighted by Gasteiger charge is 2.09. The van der Waals surface area contributed by atoms with Crippen LogP contribution in [0.25, 0.3) is 0 Å². The van der Waals surface area contributed by atoms with Crippen molar-refractivity contribution in [3.8, 4) is 5.75 Å². The van der Waals surface area contributed by atoms with Crippen molar-refractivity contribution >= 4 is 47.0 Å². The van der Waals surface area contributed by atoms with Gasteiger partial charge in [-0.2, -0.15) is 0 Å². The fourth-order valence-corrected chi connectivity index (χ4v) is 2.66. The average molecular weight is 506 g/mol. The largest absolute Gasteiger partial charge is 0.491 e. The standard InChI is InChI=1S/C17H22N4O4S.HI/c1-2-18-17(20-11-16-4-3-9-26-16)19-10-14(22)12-25-15-7-5-13(6-8-15)21(23)24;/h3-9,14,22H,2,10-12H2,1H3,(H2,18,19,20);1H. The van der Waals surface area contributed by atoms with Crippen molar-refractivity contribution in [1.82, 2.24) is 10.6 Å². The van der Waals surface area contributed by atoms with Gasteiger partial charge in [-0.3, -0.25) is 10.1 Å². The summed E-state index contributed by atoms with van der Waals surface area (Å²) in [6.45, 7) is 3.59. The molecule has 27 heavy (non-hydrogen) atoms. The third kappa shape index (κ3) is 8.54. The Balaban J connectivity index is 0.00000364. The molecule has 0 radical (unpaired) electrons. The summed E-state index contributed by atoms with van der Waals surface area (Å²) in [4.78, 5) is 15.8. The van der Waals surface area contributed by atoms with Gasteiger partial charge in [0.25, 0.3) is 5.69 Å². The molecule has 0 aliphatic heterocycles. The van der Waals surface area contributed by atoms with Crippen molar-refractivity contribution in [2.24, 2.45) is 4.99 Å². The van der Waals surface area contributed by atoms with Gasteiger partial charge in [-0.15, -0.1) is 35.3 Å². The van der Waals surface area contributed by atoms with Crippen molar-refractivity contribution in [2.75, 3.05) is 19.7 Å². The van der Waals surface area contributed by atoms with E-state index in [-0.39, 0.29) is 42.8 Å². The van der Waals surface area contributed by atoms with Crippen LogP contribution in [0.1, 0.15) is 11.8 Å². The van der Waals surface area contributed by atoms with Crippen molar-refractivity contribution in [2.45, 2.75) is 19.6 Å². The van der Waals surface area contributed by atoms with Gasteiger partial charge < -0.3 is 20.5 Å². The number of non-ortho nitro benzene ring substituents is 1. The van der Waals surface area contributed by atoms with E-state index >= 15 is 0 Å². The molecule has 0 saturated heterocycles. The number of nitrogens with zero attached hydrogens (tertiary/aromatic N) is 2. The zero-order chi connectivity index (χ0) is 18.8. The molecule has 1 atom stereocenters. The summed E-state index contributed by atoms with van der Waals surface area (Å²) in [7, 11) is 0. The molecule has 2 rings (SSSR count). The molecule has 0 bridgehead atoms. The van der Waals surface area contributed by atoms with Gasteiger partial charge in [0.05, 0.1) is 11.5 Å². The molecular formula is C17H23IN4O4S. The van der Waals surface area contributed by atoms with Gasteiger partial charge in [0, 0.05) is 30.1 Å². The number of halogens is 1. The molecule has 0 amide bonds. The number of thiophene rings is 1. The summed E-state index contributed by atoms with van der Waals surface area (Å²) in [5.41, 5.74) is -0.00296. The Kier molecular flexibility index (Phi) is 10.7. The average Bonchev–Trinajstić information content (AvgIpc) is 3.16. The number of nitro benzene ring substituents is 1. The van der Waals surface area contributed by atoms with Crippen molar-refractivity contribution < 1.29 is 14.8 Å². The highest BCUT2D eigenvalue weighted by atomic mass is 127. The second kappa shape index (κ2) is 12.5. The number of hydrogen-bond acceptors (Lipinski definition) is 6. The SMILES string of the molecule is CCNC(=NCc1cccs1)NCC(O)COc1ccc([N+](=O)[O-])cc1.I. The first-order valence-corrected chi connectivity index (χ1v) is 9.06. The Bertz CT molecular complexity index is 710. The number of rotatable bonds is 9. The first kappa shape index (κ1) is 23.1. The first-order chi connectivity index (χ1) is 12.6. The summed E-state index contributed by atoms with van der Waals surface area (Å²) in [5.74, 6) is 1.09. The molecule has 1 aromatic heterocycles. The number of hydrogen-bond donors (Lipinski definition) is 3. The van der Waals surface area contributed by atoms with Crippen molar-refractivity contribution in [3.63, 3.8) is 0 Å². The lowest BCUT2D eigenvalue weighted by Gasteiger charge is -2.16. The van der Waals surface area contributed by atoms with Crippen LogP contribution in [0.3, 0.4) is 0 Å². The highest BCUT2D eigenvalue weighted by Crippen LogP contribution is 2.17. The minimum atomic E-state index is -0.754. The minimum Gasteiger partial charge on any atom is -0.491 e. The molecule has 1 heterocycles. The lowest BCUT2D eigenvalue weighted by atomic mass is 10.3. The van der Waals surface area contributed by atoms with Crippen LogP contribution in [-0.4, -0.2) is 41.8 Å². The number of nitro groups is 1. The summed E-state index contributed by atoms with van der Waals surface area (Å²) in [6, 6.07) is 9.73. The number of guanidine groups is 1. The fraction of sp³-hybridized carbons (Fsp3) is 0.353. The lowest BCUT2D eigenvalue weighted by Crippen LogP contribution is -2.42. The molecule has 0 fully saturated rings. The minimum absolute atomic E-state index is 0. The van der Waals surface area contributed by atoms with E-state index in [0.29, 0.717) is 24.8 Å². The molecule has 0 saturated carbocycles. The Morgan fingerprint density at radius 2 is 2.07 bits per heavy atom. The molecule has 8 nitrogen and oxygen atoms in total. The smallest absolute Gasteiger partial charge is 0.269 e. The second-order valence-corrected chi connectivity index (χ2v) is 6.40. The molecule has 1 unspecified atom stereocenters. The molecule has 1 aromatic carbocycles. The summed E-state index contributed by atoms with van der Waals surface area (Å²) < 4.78 is 5.44. The van der Waals surface area contributed by atoms with Crippen molar-refractivity contribution in [1.29, 1.82) is 0 Å². The van der Waals surface area contributed by atoms with Crippen LogP contribution in [0, 0.1) is 10.1 Å². The fourth-order valence-electron chi connectivity index (χ4n) is 2.03. The molecule has 148 valence electrons. The Morgan fingerprint density at radius 3 is 2.67 bits per heavy atom. The van der Waals surface area contributed by atoms with Gasteiger partial charge in [0.1, 0.15) is 18.5 Å². The van der Waals surface area contributed by atoms with Crippen LogP contribution in [0.5, 0.6) is 5.75 Å². The van der Waals surface area contributed by atoms with Crippen LogP contribution in [-0.2, 0) is 6.54 Å². The number of aliphatic hydroxyl groups excluding tert-OH is 1. The molecule has 0 spiro atoms. The topological polar surface area (TPSA) is 109 Å². The monoisotopic (exact) mass is 506 g/mol. The lowest BCUT2D eigenvalue weighted by molar-refractivity contribution is -0.384. The molecule has 3 N–H and O–H groups in total. The number of aliphatic imine (C=N–C) groups is 1. The summed E-state index contributed by atoms with van der Waals surface area (Å²) >= 11 is 1.64. The maximum atomic E-state index is 10.6. The number of aliphatic hydroxyl groups is 1. The number of benzene rings is 1. The van der Waals surface area contributed by atoms with E-state index in [9.17, 15) is 15.2 Å². The Labute approximate surface area is 178 Å². The van der Waals surface area contributed by atoms with Gasteiger partial charge in [-0.05, 0) is 30.5 Å². The molecule has 0 aliphatic rings. The van der Waals surface area contributed by atoms with Crippen LogP contribution in [0.15, 0.2) is 46.8 Å². The van der Waals surface area contributed by atoms with E-state index in [1.165, 1.54) is 24.3 Å². The Morgan fingerprint density at radius 1 is 1.33 bits per heavy atom. The van der Waals surface area contributed by atoms with Crippen LogP contribution in [0.4, 0.5) is 5.69 Å². The van der Waals surface area contributed by atoms with Gasteiger partial charge >= 0.3 is 0 Å². The maximum absolute atomic E-state index is 10.6. The van der Waals surface area contributed by atoms with E-state index in [0.717, 1.165) is 4.88 Å². The maximum Gasteiger partial charge on any atom is 0.269 e. The second-order valence-electron chi connectivity index (χ2n) is 5.37. The molecule has 2 aromatic rings. The van der Waals surface area contributed by atoms with E-state index in [1.807, 2.05) is 24.4 Å². The number of ether oxygens (including phenoxy) is 1. The quantitative estimate of drug-likeness (QED) is 0.159. The third-order valence-electron chi connectivity index (χ3n) is 3.31. The Hall–Kier alpha value is -1.92. The molecule has 10 heteroatoms. The number of nitrogens with one attached hydrogen (secondary N) is 2. The van der Waals surface area contributed by atoms with E-state index < -0.39 is 11.0 Å². The van der Waals surface area contributed by atoms with E-state index in [4.69, 9.17) is 4.74 Å². The zero-order valence-corrected chi connectivity index (χ0v) is 18.0. The third-order valence-corrected chi connectivity index (χ3v) is 4.17. The molecule has 0 aliphatic carbocycles. The highest BCUT2D eigenvalue weighted by molar-refractivity contribution is 14.0. The molecular weight excluding hydrogens is 483 g/mol. The summed E-state index contributed by atoms with van der Waals surface area (Å²) in [6.07, 6.45) is -0.754. The predicted molar refractivity (Wildman–Crippen MR) is 117 cm³/mol. The normalized spacial score (nSPS) is 12.0. The van der Waals surface area contributed by atoms with E-state index in [1.54, 1.807) is 11.3 Å². The van der Waals surface area contributed by atoms with Crippen molar-refractivity contribution in [3.05, 3.63) is 56.8 Å². The van der Waals surface area contributed by atoms with Crippen LogP contribution < -0.4 is 15.4 Å². The van der Waals surface area contributed by atoms with Gasteiger partial charge in [0.2, 0.25) is 0 Å². The van der Waals surface area contributed by atoms with E-state index in [2.05, 4.69) is 15.6 Å². The van der Waals surface area contributed by atoms with Gasteiger partial charge in [0.15, 0.2) is 5.96 Å². The van der Waals surface area contributed by atoms with Crippen LogP contribution >= 0.6 is 35.3 Å². The zero-order valence-electron chi connectivity index (χ0n) is 14.8. The van der Waals surface area contributed by atoms with Gasteiger partial charge in [-0.25, -0.2) is 4.99 Å². The summed E-state index contributed by atoms with van der Waals surface area (Å²) in [5, 5.41) is 28.8.